The molecule has 0 spiro atoms. The third-order valence-corrected chi connectivity index (χ3v) is 9.14. The molecule has 46 heavy (non-hydrogen) atoms. The summed E-state index contributed by atoms with van der Waals surface area (Å²) in [7, 11) is 0. The van der Waals surface area contributed by atoms with E-state index in [9.17, 15) is 9.59 Å². The highest BCUT2D eigenvalue weighted by Crippen LogP contribution is 2.20. The second kappa shape index (κ2) is 36.6. The summed E-state index contributed by atoms with van der Waals surface area (Å²) < 4.78 is -0.125. The summed E-state index contributed by atoms with van der Waals surface area (Å²) in [5.74, 6) is 0.0929. The van der Waals surface area contributed by atoms with Crippen LogP contribution in [0.15, 0.2) is 49.6 Å². The molecule has 0 fully saturated rings. The van der Waals surface area contributed by atoms with Crippen LogP contribution in [-0.4, -0.2) is 29.4 Å². The lowest BCUT2D eigenvalue weighted by Gasteiger charge is -2.31. The van der Waals surface area contributed by atoms with Gasteiger partial charge in [0.15, 0.2) is 0 Å². The van der Waals surface area contributed by atoms with Crippen LogP contribution in [0.25, 0.3) is 0 Å². The van der Waals surface area contributed by atoms with E-state index < -0.39 is 0 Å². The van der Waals surface area contributed by atoms with E-state index in [1.54, 1.807) is 12.2 Å². The predicted molar refractivity (Wildman–Crippen MR) is 199 cm³/mol. The topological polar surface area (TPSA) is 34.1 Å². The van der Waals surface area contributed by atoms with Crippen LogP contribution >= 0.6 is 0 Å². The van der Waals surface area contributed by atoms with Crippen molar-refractivity contribution >= 4 is 11.8 Å². The number of hydrogen-bond acceptors (Lipinski definition) is 2. The van der Waals surface area contributed by atoms with Gasteiger partial charge in [-0.2, -0.15) is 4.48 Å². The number of amides is 2. The van der Waals surface area contributed by atoms with Gasteiger partial charge in [0.2, 0.25) is 0 Å². The molecule has 0 N–H and O–H groups in total. The monoisotopic (exact) mass is 706 g/mol. The highest BCUT2D eigenvalue weighted by atomic mass is 79.9. The van der Waals surface area contributed by atoms with Crippen LogP contribution in [0.1, 0.15) is 194 Å². The van der Waals surface area contributed by atoms with Crippen LogP contribution in [-0.2, 0) is 9.59 Å². The van der Waals surface area contributed by atoms with Crippen molar-refractivity contribution in [1.82, 2.24) is 0 Å². The molecule has 0 atom stereocenters. The summed E-state index contributed by atoms with van der Waals surface area (Å²) in [6.07, 6.45) is 46.0. The van der Waals surface area contributed by atoms with Gasteiger partial charge in [0.1, 0.15) is 13.1 Å². The lowest BCUT2D eigenvalue weighted by Crippen LogP contribution is -3.00. The molecule has 0 unspecified atom stereocenters. The zero-order valence-electron chi connectivity index (χ0n) is 30.7. The van der Waals surface area contributed by atoms with E-state index >= 15 is 0 Å². The molecule has 4 heteroatoms. The van der Waals surface area contributed by atoms with Gasteiger partial charge in [-0.15, -0.1) is 0 Å². The van der Waals surface area contributed by atoms with Crippen LogP contribution in [0.2, 0.25) is 0 Å². The Morgan fingerprint density at radius 2 is 0.696 bits per heavy atom. The Kier molecular flexibility index (Phi) is 37.3. The number of quaternary nitrogens is 1. The summed E-state index contributed by atoms with van der Waals surface area (Å²) in [5.41, 5.74) is 0. The van der Waals surface area contributed by atoms with Gasteiger partial charge in [0.05, 0.1) is 12.8 Å². The van der Waals surface area contributed by atoms with Crippen molar-refractivity contribution in [3.8, 4) is 0 Å². The molecule has 0 aromatic carbocycles. The molecule has 0 radical (unpaired) electrons. The fourth-order valence-electron chi connectivity index (χ4n) is 6.18. The number of imide groups is 1. The van der Waals surface area contributed by atoms with Crippen molar-refractivity contribution in [1.29, 1.82) is 0 Å². The molecule has 0 bridgehead atoms. The van der Waals surface area contributed by atoms with Crippen molar-refractivity contribution in [2.45, 2.75) is 194 Å². The van der Waals surface area contributed by atoms with Gasteiger partial charge in [-0.1, -0.05) is 154 Å². The van der Waals surface area contributed by atoms with Crippen LogP contribution in [0.3, 0.4) is 0 Å². The van der Waals surface area contributed by atoms with E-state index in [1.165, 1.54) is 116 Å². The van der Waals surface area contributed by atoms with Gasteiger partial charge in [-0.3, -0.25) is 0 Å². The third-order valence-electron chi connectivity index (χ3n) is 9.14. The van der Waals surface area contributed by atoms with E-state index in [2.05, 4.69) is 51.3 Å². The molecule has 0 heterocycles. The molecule has 0 aromatic heterocycles. The zero-order chi connectivity index (χ0) is 33.1. The smallest absolute Gasteiger partial charge is 0.321 e. The number of carbonyl (C=O) groups is 2. The Balaban J connectivity index is 0. The number of allylic oxidation sites excluding steroid dienone is 4. The normalized spacial score (nSPS) is 11.7. The molecule has 268 valence electrons. The fourth-order valence-corrected chi connectivity index (χ4v) is 6.18. The Morgan fingerprint density at radius 1 is 0.435 bits per heavy atom. The van der Waals surface area contributed by atoms with Crippen LogP contribution in [0, 0.1) is 0 Å². The maximum Gasteiger partial charge on any atom is 0.321 e. The second-order valence-corrected chi connectivity index (χ2v) is 13.4. The molecular weight excluding hydrogens is 630 g/mol. The minimum Gasteiger partial charge on any atom is -1.00 e. The Hall–Kier alpha value is -1.26. The van der Waals surface area contributed by atoms with Crippen molar-refractivity contribution in [2.75, 3.05) is 13.1 Å². The van der Waals surface area contributed by atoms with Gasteiger partial charge in [0, 0.05) is 0 Å². The molecule has 0 rings (SSSR count). The summed E-state index contributed by atoms with van der Waals surface area (Å²) in [5, 5.41) is 0. The van der Waals surface area contributed by atoms with Gasteiger partial charge >= 0.3 is 11.8 Å². The number of carbonyl (C=O) groups excluding carboxylic acids is 2. The van der Waals surface area contributed by atoms with Crippen molar-refractivity contribution < 1.29 is 31.1 Å². The molecule has 0 aliphatic heterocycles. The fraction of sp³-hybridized carbons (Fsp3) is 0.762. The second-order valence-electron chi connectivity index (χ2n) is 13.4. The van der Waals surface area contributed by atoms with Crippen LogP contribution in [0.4, 0.5) is 0 Å². The van der Waals surface area contributed by atoms with E-state index in [4.69, 9.17) is 0 Å². The minimum atomic E-state index is -0.125. The Morgan fingerprint density at radius 3 is 0.978 bits per heavy atom. The van der Waals surface area contributed by atoms with Gasteiger partial charge < -0.3 is 17.0 Å². The highest BCUT2D eigenvalue weighted by Gasteiger charge is 2.41. The zero-order valence-corrected chi connectivity index (χ0v) is 32.3. The quantitative estimate of drug-likeness (QED) is 0.0379. The first-order valence-electron chi connectivity index (χ1n) is 19.5. The molecule has 0 saturated carbocycles. The van der Waals surface area contributed by atoms with Crippen molar-refractivity contribution in [2.24, 2.45) is 0 Å². The molecule has 0 aromatic rings. The van der Waals surface area contributed by atoms with Gasteiger partial charge in [-0.25, -0.2) is 9.59 Å². The number of rotatable bonds is 34. The number of halogens is 1. The molecule has 0 aliphatic carbocycles. The SMILES string of the molecule is C=CC[N+](CC=C)(C(=O)CCCCCCCC=CCCCCCCCC)C(=O)CCCCCCCC=CCCCCCCCC.[Br-]. The Bertz CT molecular complexity index is 708. The number of hydrogen-bond donors (Lipinski definition) is 0. The largest absolute Gasteiger partial charge is 1.00 e. The average molecular weight is 707 g/mol. The Labute approximate surface area is 298 Å². The molecule has 0 saturated heterocycles. The number of nitrogens with zero attached hydrogens (tertiary/aromatic N) is 1. The van der Waals surface area contributed by atoms with Crippen molar-refractivity contribution in [3.63, 3.8) is 0 Å². The summed E-state index contributed by atoms with van der Waals surface area (Å²) in [4.78, 5) is 26.8. The van der Waals surface area contributed by atoms with Crippen LogP contribution < -0.4 is 17.0 Å². The summed E-state index contributed by atoms with van der Waals surface area (Å²) >= 11 is 0. The first-order valence-corrected chi connectivity index (χ1v) is 19.5. The first-order chi connectivity index (χ1) is 22.1. The molecular formula is C42H76BrNO2. The van der Waals surface area contributed by atoms with E-state index in [0.29, 0.717) is 25.9 Å². The molecule has 3 nitrogen and oxygen atoms in total. The first kappa shape index (κ1) is 46.9. The summed E-state index contributed by atoms with van der Waals surface area (Å²) in [6.45, 7) is 13.0. The van der Waals surface area contributed by atoms with E-state index in [1.807, 2.05) is 0 Å². The lowest BCUT2D eigenvalue weighted by atomic mass is 10.1. The maximum absolute atomic E-state index is 13.4. The highest BCUT2D eigenvalue weighted by molar-refractivity contribution is 5.85. The van der Waals surface area contributed by atoms with E-state index in [-0.39, 0.29) is 33.3 Å². The minimum absolute atomic E-state index is 0. The average Bonchev–Trinajstić information content (AvgIpc) is 3.04. The van der Waals surface area contributed by atoms with E-state index in [0.717, 1.165) is 51.4 Å². The number of unbranched alkanes of at least 4 members (excludes halogenated alkanes) is 22. The van der Waals surface area contributed by atoms with Gasteiger partial charge in [0.25, 0.3) is 0 Å². The summed E-state index contributed by atoms with van der Waals surface area (Å²) in [6, 6.07) is 0. The standard InChI is InChI=1S/C42H76NO2.BrH/c1-5-9-11-13-15-17-19-21-23-25-27-29-31-33-35-37-41(44)43(39-7-3,40-8-4)42(45)38-36-34-32-30-28-26-24-22-20-18-16-14-12-10-6-2;/h7-8,21-24H,3-6,9-20,25-40H2,1-2H3;1H/q+1;/p-1. The molecule has 2 amide bonds. The van der Waals surface area contributed by atoms with Gasteiger partial charge in [-0.05, 0) is 76.4 Å². The third kappa shape index (κ3) is 26.8. The molecule has 0 aliphatic rings. The van der Waals surface area contributed by atoms with Crippen LogP contribution in [0.5, 0.6) is 0 Å². The predicted octanol–water partition coefficient (Wildman–Crippen LogP) is 10.3. The maximum atomic E-state index is 13.4. The van der Waals surface area contributed by atoms with Crippen molar-refractivity contribution in [3.05, 3.63) is 49.6 Å². The lowest BCUT2D eigenvalue weighted by molar-refractivity contribution is -0.767.